The van der Waals surface area contributed by atoms with Crippen LogP contribution in [-0.4, -0.2) is 16.0 Å². The molecule has 110 valence electrons. The van der Waals surface area contributed by atoms with Crippen LogP contribution in [0.25, 0.3) is 0 Å². The second kappa shape index (κ2) is 5.66. The lowest BCUT2D eigenvalue weighted by molar-refractivity contribution is -0.385. The first-order valence-corrected chi connectivity index (χ1v) is 6.20. The predicted octanol–water partition coefficient (Wildman–Crippen LogP) is 3.11. The van der Waals surface area contributed by atoms with Crippen molar-refractivity contribution in [2.45, 2.75) is 20.4 Å². The van der Waals surface area contributed by atoms with Crippen molar-refractivity contribution in [3.05, 3.63) is 57.0 Å². The number of benzene rings is 1. The number of carbonyl (C=O) groups is 1. The van der Waals surface area contributed by atoms with Crippen molar-refractivity contribution in [3.63, 3.8) is 0 Å². The first-order valence-electron chi connectivity index (χ1n) is 6.20. The molecule has 1 heterocycles. The Morgan fingerprint density at radius 3 is 2.62 bits per heavy atom. The Morgan fingerprint density at radius 2 is 2.10 bits per heavy atom. The fourth-order valence-electron chi connectivity index (χ4n) is 1.96. The van der Waals surface area contributed by atoms with Crippen molar-refractivity contribution in [3.8, 4) is 0 Å². The van der Waals surface area contributed by atoms with Gasteiger partial charge >= 0.3 is 5.97 Å². The number of nitro benzene ring substituents is 1. The number of nitrogens with zero attached hydrogens (tertiary/aromatic N) is 1. The minimum absolute atomic E-state index is 0.134. The van der Waals surface area contributed by atoms with Crippen molar-refractivity contribution in [1.82, 2.24) is 0 Å². The Morgan fingerprint density at radius 1 is 1.38 bits per heavy atom. The average molecular weight is 290 g/mol. The van der Waals surface area contributed by atoms with Gasteiger partial charge in [-0.15, -0.1) is 0 Å². The molecule has 7 heteroatoms. The SMILES string of the molecule is Cc1ccc(CNc2cc(C(=O)O)cc([N+](=O)[O-])c2C)o1. The number of hydrogen-bond donors (Lipinski definition) is 2. The molecule has 2 N–H and O–H groups in total. The summed E-state index contributed by atoms with van der Waals surface area (Å²) >= 11 is 0. The fraction of sp³-hybridized carbons (Fsp3) is 0.214. The van der Waals surface area contributed by atoms with Crippen LogP contribution in [0.3, 0.4) is 0 Å². The molecule has 2 rings (SSSR count). The molecule has 1 aromatic heterocycles. The maximum absolute atomic E-state index is 11.0. The van der Waals surface area contributed by atoms with E-state index in [9.17, 15) is 14.9 Å². The van der Waals surface area contributed by atoms with E-state index in [1.165, 1.54) is 6.07 Å². The average Bonchev–Trinajstić information content (AvgIpc) is 2.82. The van der Waals surface area contributed by atoms with Crippen molar-refractivity contribution < 1.29 is 19.2 Å². The lowest BCUT2D eigenvalue weighted by Crippen LogP contribution is -2.06. The van der Waals surface area contributed by atoms with Crippen LogP contribution in [0.1, 0.15) is 27.4 Å². The van der Waals surface area contributed by atoms with E-state index in [4.69, 9.17) is 9.52 Å². The first-order chi connectivity index (χ1) is 9.88. The molecule has 0 spiro atoms. The Kier molecular flexibility index (Phi) is 3.93. The van der Waals surface area contributed by atoms with E-state index in [1.54, 1.807) is 19.1 Å². The van der Waals surface area contributed by atoms with Crippen LogP contribution in [0.15, 0.2) is 28.7 Å². The zero-order valence-corrected chi connectivity index (χ0v) is 11.5. The molecule has 7 nitrogen and oxygen atoms in total. The van der Waals surface area contributed by atoms with E-state index < -0.39 is 10.9 Å². The quantitative estimate of drug-likeness (QED) is 0.647. The smallest absolute Gasteiger partial charge is 0.336 e. The normalized spacial score (nSPS) is 10.4. The summed E-state index contributed by atoms with van der Waals surface area (Å²) in [6.45, 7) is 3.69. The van der Waals surface area contributed by atoms with Crippen molar-refractivity contribution in [2.75, 3.05) is 5.32 Å². The highest BCUT2D eigenvalue weighted by atomic mass is 16.6. The van der Waals surface area contributed by atoms with Crippen molar-refractivity contribution in [2.24, 2.45) is 0 Å². The van der Waals surface area contributed by atoms with Crippen molar-refractivity contribution >= 4 is 17.3 Å². The van der Waals surface area contributed by atoms with Gasteiger partial charge in [0.25, 0.3) is 5.69 Å². The van der Waals surface area contributed by atoms with Gasteiger partial charge in [-0.1, -0.05) is 0 Å². The molecule has 21 heavy (non-hydrogen) atoms. The predicted molar refractivity (Wildman–Crippen MR) is 75.6 cm³/mol. The van der Waals surface area contributed by atoms with Crippen LogP contribution in [0.2, 0.25) is 0 Å². The fourth-order valence-corrected chi connectivity index (χ4v) is 1.96. The van der Waals surface area contributed by atoms with E-state index in [2.05, 4.69) is 5.32 Å². The molecule has 1 aromatic carbocycles. The monoisotopic (exact) mass is 290 g/mol. The van der Waals surface area contributed by atoms with E-state index in [1.807, 2.05) is 6.92 Å². The summed E-state index contributed by atoms with van der Waals surface area (Å²) < 4.78 is 5.39. The lowest BCUT2D eigenvalue weighted by atomic mass is 10.1. The number of anilines is 1. The van der Waals surface area contributed by atoms with Gasteiger partial charge < -0.3 is 14.8 Å². The molecule has 0 aliphatic rings. The van der Waals surface area contributed by atoms with Gasteiger partial charge in [0.05, 0.1) is 17.0 Å². The third-order valence-electron chi connectivity index (χ3n) is 3.07. The van der Waals surface area contributed by atoms with Gasteiger partial charge in [0.2, 0.25) is 0 Å². The second-order valence-corrected chi connectivity index (χ2v) is 4.60. The minimum Gasteiger partial charge on any atom is -0.478 e. The molecule has 0 fully saturated rings. The molecule has 0 saturated carbocycles. The van der Waals surface area contributed by atoms with Gasteiger partial charge in [0, 0.05) is 17.3 Å². The molecule has 0 aliphatic carbocycles. The summed E-state index contributed by atoms with van der Waals surface area (Å²) in [6, 6.07) is 6.02. The first kappa shape index (κ1) is 14.6. The minimum atomic E-state index is -1.21. The van der Waals surface area contributed by atoms with E-state index in [0.29, 0.717) is 23.6 Å². The molecule has 0 saturated heterocycles. The molecule has 0 unspecified atom stereocenters. The molecule has 0 aliphatic heterocycles. The van der Waals surface area contributed by atoms with E-state index in [-0.39, 0.29) is 11.3 Å². The second-order valence-electron chi connectivity index (χ2n) is 4.60. The topological polar surface area (TPSA) is 106 Å². The van der Waals surface area contributed by atoms with Gasteiger partial charge in [-0.05, 0) is 32.0 Å². The number of rotatable bonds is 5. The third-order valence-corrected chi connectivity index (χ3v) is 3.07. The largest absolute Gasteiger partial charge is 0.478 e. The number of carboxylic acid groups (broad SMARTS) is 1. The van der Waals surface area contributed by atoms with Crippen molar-refractivity contribution in [1.29, 1.82) is 0 Å². The number of nitrogens with one attached hydrogen (secondary N) is 1. The molecular formula is C14H14N2O5. The summed E-state index contributed by atoms with van der Waals surface area (Å²) in [7, 11) is 0. The Hall–Kier alpha value is -2.83. The van der Waals surface area contributed by atoms with Crippen LogP contribution in [0, 0.1) is 24.0 Å². The molecular weight excluding hydrogens is 276 g/mol. The van der Waals surface area contributed by atoms with Crippen LogP contribution in [0.5, 0.6) is 0 Å². The standard InChI is InChI=1S/C14H14N2O5/c1-8-3-4-11(21-8)7-15-12-5-10(14(17)18)6-13(9(12)2)16(19)20/h3-6,15H,7H2,1-2H3,(H,17,18). The maximum atomic E-state index is 11.0. The zero-order chi connectivity index (χ0) is 15.6. The molecule has 0 radical (unpaired) electrons. The Bertz CT molecular complexity index is 705. The van der Waals surface area contributed by atoms with Crippen LogP contribution >= 0.6 is 0 Å². The zero-order valence-electron chi connectivity index (χ0n) is 11.5. The Labute approximate surface area is 120 Å². The van der Waals surface area contributed by atoms with Crippen LogP contribution in [0.4, 0.5) is 11.4 Å². The summed E-state index contributed by atoms with van der Waals surface area (Å²) in [4.78, 5) is 21.4. The highest BCUT2D eigenvalue weighted by Crippen LogP contribution is 2.28. The number of aromatic carboxylic acids is 1. The number of carboxylic acids is 1. The summed E-state index contributed by atoms with van der Waals surface area (Å²) in [5, 5.41) is 23.0. The molecule has 2 aromatic rings. The summed E-state index contributed by atoms with van der Waals surface area (Å²) in [5.41, 5.74) is 0.419. The van der Waals surface area contributed by atoms with Gasteiger partial charge in [-0.3, -0.25) is 10.1 Å². The third kappa shape index (κ3) is 3.19. The number of nitro groups is 1. The van der Waals surface area contributed by atoms with E-state index >= 15 is 0 Å². The number of furan rings is 1. The van der Waals surface area contributed by atoms with Crippen LogP contribution in [-0.2, 0) is 6.54 Å². The number of hydrogen-bond acceptors (Lipinski definition) is 5. The van der Waals surface area contributed by atoms with Crippen LogP contribution < -0.4 is 5.32 Å². The lowest BCUT2D eigenvalue weighted by Gasteiger charge is -2.10. The number of aryl methyl sites for hydroxylation is 1. The highest BCUT2D eigenvalue weighted by molar-refractivity contribution is 5.90. The summed E-state index contributed by atoms with van der Waals surface area (Å²) in [6.07, 6.45) is 0. The molecule has 0 bridgehead atoms. The molecule has 0 atom stereocenters. The van der Waals surface area contributed by atoms with Gasteiger partial charge in [0.15, 0.2) is 0 Å². The summed E-state index contributed by atoms with van der Waals surface area (Å²) in [5.74, 6) is 0.207. The Balaban J connectivity index is 2.32. The highest BCUT2D eigenvalue weighted by Gasteiger charge is 2.19. The van der Waals surface area contributed by atoms with Gasteiger partial charge in [-0.2, -0.15) is 0 Å². The van der Waals surface area contributed by atoms with E-state index in [0.717, 1.165) is 11.8 Å². The van der Waals surface area contributed by atoms with Gasteiger partial charge in [-0.25, -0.2) is 4.79 Å². The van der Waals surface area contributed by atoms with Gasteiger partial charge in [0.1, 0.15) is 11.5 Å². The molecule has 0 amide bonds. The maximum Gasteiger partial charge on any atom is 0.336 e.